The van der Waals surface area contributed by atoms with Crippen molar-refractivity contribution in [2.75, 3.05) is 24.1 Å². The molecule has 0 aliphatic rings. The number of anilines is 2. The van der Waals surface area contributed by atoms with Crippen molar-refractivity contribution in [3.05, 3.63) is 23.8 Å². The van der Waals surface area contributed by atoms with Crippen LogP contribution in [0.4, 0.5) is 29.3 Å². The summed E-state index contributed by atoms with van der Waals surface area (Å²) in [5, 5.41) is 5.11. The van der Waals surface area contributed by atoms with Crippen molar-refractivity contribution >= 4 is 17.4 Å². The van der Waals surface area contributed by atoms with Gasteiger partial charge in [-0.05, 0) is 18.2 Å². The average Bonchev–Trinajstić information content (AvgIpc) is 2.24. The lowest BCUT2D eigenvalue weighted by Gasteiger charge is -2.12. The Balaban J connectivity index is 2.60. The van der Waals surface area contributed by atoms with E-state index in [1.165, 1.54) is 6.07 Å². The fourth-order valence-electron chi connectivity index (χ4n) is 1.28. The third kappa shape index (κ3) is 4.04. The molecule has 5 nitrogen and oxygen atoms in total. The van der Waals surface area contributed by atoms with Crippen LogP contribution in [0.25, 0.3) is 0 Å². The first kappa shape index (κ1) is 13.9. The van der Waals surface area contributed by atoms with E-state index in [4.69, 9.17) is 11.5 Å². The van der Waals surface area contributed by atoms with Crippen molar-refractivity contribution < 1.29 is 18.0 Å². The number of hydrogen-bond donors (Lipinski definition) is 4. The number of halogens is 3. The largest absolute Gasteiger partial charge is 0.416 e. The Bertz CT molecular complexity index is 434. The zero-order valence-corrected chi connectivity index (χ0v) is 9.34. The molecule has 6 N–H and O–H groups in total. The smallest absolute Gasteiger partial charge is 0.397 e. The molecular weight excluding hydrogens is 249 g/mol. The van der Waals surface area contributed by atoms with Gasteiger partial charge in [-0.1, -0.05) is 0 Å². The zero-order chi connectivity index (χ0) is 13.8. The Kier molecular flexibility index (Phi) is 4.24. The molecule has 0 unspecified atom stereocenters. The highest BCUT2D eigenvalue weighted by atomic mass is 19.4. The molecule has 1 aromatic rings. The highest BCUT2D eigenvalue weighted by Gasteiger charge is 2.30. The normalized spacial score (nSPS) is 11.1. The van der Waals surface area contributed by atoms with Crippen molar-refractivity contribution in [2.24, 2.45) is 5.73 Å². The average molecular weight is 262 g/mol. The van der Waals surface area contributed by atoms with Crippen LogP contribution in [-0.2, 0) is 6.18 Å². The number of amides is 2. The van der Waals surface area contributed by atoms with Crippen molar-refractivity contribution in [2.45, 2.75) is 6.18 Å². The maximum Gasteiger partial charge on any atom is 0.416 e. The molecule has 0 saturated carbocycles. The van der Waals surface area contributed by atoms with Crippen LogP contribution in [0.15, 0.2) is 18.2 Å². The van der Waals surface area contributed by atoms with Crippen LogP contribution in [0.1, 0.15) is 5.56 Å². The van der Waals surface area contributed by atoms with Gasteiger partial charge >= 0.3 is 12.2 Å². The zero-order valence-electron chi connectivity index (χ0n) is 9.34. The third-order valence-electron chi connectivity index (χ3n) is 2.12. The second-order valence-corrected chi connectivity index (χ2v) is 3.52. The molecule has 1 rings (SSSR count). The van der Waals surface area contributed by atoms with Gasteiger partial charge in [0.05, 0.1) is 16.9 Å². The van der Waals surface area contributed by atoms with Gasteiger partial charge in [0.1, 0.15) is 0 Å². The summed E-state index contributed by atoms with van der Waals surface area (Å²) in [5.41, 5.74) is 9.88. The minimum atomic E-state index is -4.42. The van der Waals surface area contributed by atoms with Crippen molar-refractivity contribution in [3.63, 3.8) is 0 Å². The van der Waals surface area contributed by atoms with Crippen LogP contribution >= 0.6 is 0 Å². The van der Waals surface area contributed by atoms with Gasteiger partial charge in [0, 0.05) is 13.1 Å². The maximum atomic E-state index is 12.4. The number of alkyl halides is 3. The van der Waals surface area contributed by atoms with Gasteiger partial charge in [-0.15, -0.1) is 0 Å². The van der Waals surface area contributed by atoms with E-state index < -0.39 is 17.8 Å². The predicted molar refractivity (Wildman–Crippen MR) is 61.9 cm³/mol. The predicted octanol–water partition coefficient (Wildman–Crippen LogP) is 1.37. The third-order valence-corrected chi connectivity index (χ3v) is 2.12. The van der Waals surface area contributed by atoms with Crippen LogP contribution in [0.2, 0.25) is 0 Å². The topological polar surface area (TPSA) is 93.2 Å². The molecule has 0 aliphatic heterocycles. The van der Waals surface area contributed by atoms with E-state index in [0.717, 1.165) is 12.1 Å². The summed E-state index contributed by atoms with van der Waals surface area (Å²) in [7, 11) is 0. The van der Waals surface area contributed by atoms with Gasteiger partial charge in [-0.3, -0.25) is 0 Å². The van der Waals surface area contributed by atoms with E-state index >= 15 is 0 Å². The summed E-state index contributed by atoms with van der Waals surface area (Å²) in [5.74, 6) is 0. The van der Waals surface area contributed by atoms with Crippen molar-refractivity contribution in [1.29, 1.82) is 0 Å². The van der Waals surface area contributed by atoms with Crippen LogP contribution in [0.5, 0.6) is 0 Å². The lowest BCUT2D eigenvalue weighted by Crippen LogP contribution is -2.33. The standard InChI is InChI=1S/C10H13F3N4O/c11-10(12,13)6-1-2-8(7(14)5-6)16-3-4-17-9(15)18/h1-2,5,16H,3-4,14H2,(H3,15,17,18). The highest BCUT2D eigenvalue weighted by molar-refractivity contribution is 5.71. The fourth-order valence-corrected chi connectivity index (χ4v) is 1.28. The van der Waals surface area contributed by atoms with Crippen LogP contribution < -0.4 is 22.1 Å². The van der Waals surface area contributed by atoms with Gasteiger partial charge in [0.15, 0.2) is 0 Å². The summed E-state index contributed by atoms with van der Waals surface area (Å²) in [4.78, 5) is 10.4. The molecule has 0 fully saturated rings. The summed E-state index contributed by atoms with van der Waals surface area (Å²) in [6.07, 6.45) is -4.42. The first-order valence-electron chi connectivity index (χ1n) is 5.04. The van der Waals surface area contributed by atoms with Crippen molar-refractivity contribution in [3.8, 4) is 0 Å². The molecule has 0 bridgehead atoms. The number of benzene rings is 1. The van der Waals surface area contributed by atoms with E-state index in [1.54, 1.807) is 0 Å². The molecule has 0 aromatic heterocycles. The molecule has 1 aromatic carbocycles. The number of rotatable bonds is 4. The number of nitrogens with two attached hydrogens (primary N) is 2. The summed E-state index contributed by atoms with van der Waals surface area (Å²) in [6.45, 7) is 0.550. The maximum absolute atomic E-state index is 12.4. The molecule has 0 aliphatic carbocycles. The second kappa shape index (κ2) is 5.48. The first-order valence-corrected chi connectivity index (χ1v) is 5.04. The Hall–Kier alpha value is -2.12. The van der Waals surface area contributed by atoms with Gasteiger partial charge in [0.2, 0.25) is 0 Å². The number of primary amides is 1. The highest BCUT2D eigenvalue weighted by Crippen LogP contribution is 2.32. The number of carbonyl (C=O) groups excluding carboxylic acids is 1. The minimum Gasteiger partial charge on any atom is -0.397 e. The lowest BCUT2D eigenvalue weighted by molar-refractivity contribution is -0.137. The van der Waals surface area contributed by atoms with Crippen LogP contribution in [-0.4, -0.2) is 19.1 Å². The van der Waals surface area contributed by atoms with Crippen LogP contribution in [0, 0.1) is 0 Å². The second-order valence-electron chi connectivity index (χ2n) is 3.52. The summed E-state index contributed by atoms with van der Waals surface area (Å²) in [6, 6.07) is 2.35. The molecule has 0 radical (unpaired) electrons. The molecule has 8 heteroatoms. The monoisotopic (exact) mass is 262 g/mol. The van der Waals surface area contributed by atoms with E-state index in [0.29, 0.717) is 12.2 Å². The summed E-state index contributed by atoms with van der Waals surface area (Å²) >= 11 is 0. The van der Waals surface area contributed by atoms with Gasteiger partial charge in [0.25, 0.3) is 0 Å². The molecule has 0 saturated heterocycles. The number of nitrogen functional groups attached to an aromatic ring is 1. The minimum absolute atomic E-state index is 0.0103. The van der Waals surface area contributed by atoms with E-state index in [1.807, 2.05) is 0 Å². The molecule has 0 spiro atoms. The van der Waals surface area contributed by atoms with E-state index in [2.05, 4.69) is 10.6 Å². The Morgan fingerprint density at radius 2 is 1.94 bits per heavy atom. The number of carbonyl (C=O) groups is 1. The number of hydrogen-bond acceptors (Lipinski definition) is 3. The first-order chi connectivity index (χ1) is 8.30. The van der Waals surface area contributed by atoms with E-state index in [9.17, 15) is 18.0 Å². The Morgan fingerprint density at radius 1 is 1.28 bits per heavy atom. The molecule has 0 atom stereocenters. The molecular formula is C10H13F3N4O. The lowest BCUT2D eigenvalue weighted by atomic mass is 10.1. The molecule has 0 heterocycles. The fraction of sp³-hybridized carbons (Fsp3) is 0.300. The quantitative estimate of drug-likeness (QED) is 0.487. The molecule has 18 heavy (non-hydrogen) atoms. The van der Waals surface area contributed by atoms with E-state index in [-0.39, 0.29) is 12.2 Å². The molecule has 100 valence electrons. The number of nitrogens with one attached hydrogen (secondary N) is 2. The summed E-state index contributed by atoms with van der Waals surface area (Å²) < 4.78 is 37.1. The molecule has 2 amide bonds. The Labute approximate surface area is 101 Å². The number of urea groups is 1. The Morgan fingerprint density at radius 3 is 2.44 bits per heavy atom. The van der Waals surface area contributed by atoms with Gasteiger partial charge in [-0.2, -0.15) is 13.2 Å². The van der Waals surface area contributed by atoms with Gasteiger partial charge in [-0.25, -0.2) is 4.79 Å². The SMILES string of the molecule is NC(=O)NCCNc1ccc(C(F)(F)F)cc1N. The van der Waals surface area contributed by atoms with Crippen molar-refractivity contribution in [1.82, 2.24) is 5.32 Å². The van der Waals surface area contributed by atoms with Gasteiger partial charge < -0.3 is 22.1 Å². The van der Waals surface area contributed by atoms with Crippen LogP contribution in [0.3, 0.4) is 0 Å².